The van der Waals surface area contributed by atoms with E-state index in [1.54, 1.807) is 138 Å². The molecule has 130 heavy (non-hydrogen) atoms. The topological polar surface area (TPSA) is 335 Å². The molecule has 2 N–H and O–H groups in total. The van der Waals surface area contributed by atoms with E-state index in [2.05, 4.69) is 51.2 Å². The highest BCUT2D eigenvalue weighted by Crippen LogP contribution is 2.33. The lowest BCUT2D eigenvalue weighted by molar-refractivity contribution is -0.138. The van der Waals surface area contributed by atoms with Crippen LogP contribution in [0.1, 0.15) is 200 Å². The molecule has 10 rings (SSSR count). The Hall–Kier alpha value is -12.9. The number of nitrogens with two attached hydrogens (primary N) is 1. The number of hydrogen-bond acceptors (Lipinski definition) is 29. The normalized spacial score (nSPS) is 10.6. The molecule has 0 radical (unpaired) electrons. The number of anilines is 2. The van der Waals surface area contributed by atoms with Gasteiger partial charge in [-0.15, -0.1) is 0 Å². The third-order valence-electron chi connectivity index (χ3n) is 19.0. The summed E-state index contributed by atoms with van der Waals surface area (Å²) in [4.78, 5) is 118. The molecule has 0 saturated heterocycles. The van der Waals surface area contributed by atoms with Crippen molar-refractivity contribution in [1.29, 1.82) is 0 Å². The quantitative estimate of drug-likeness (QED) is 0.00353. The Balaban J connectivity index is 0.000000309. The van der Waals surface area contributed by atoms with Gasteiger partial charge < -0.3 is 80.8 Å². The number of aldehydes is 1. The lowest BCUT2D eigenvalue weighted by Gasteiger charge is -2.16. The van der Waals surface area contributed by atoms with Crippen LogP contribution in [0.5, 0.6) is 46.0 Å². The number of halogens is 1. The summed E-state index contributed by atoms with van der Waals surface area (Å²) in [7, 11) is 0. The zero-order chi connectivity index (χ0) is 92.0. The van der Waals surface area contributed by atoms with Crippen molar-refractivity contribution in [1.82, 2.24) is 9.97 Å². The van der Waals surface area contributed by atoms with Crippen LogP contribution in [0.25, 0.3) is 20.4 Å². The van der Waals surface area contributed by atoms with Crippen LogP contribution in [0.2, 0.25) is 0 Å². The summed E-state index contributed by atoms with van der Waals surface area (Å²) in [5.74, 6) is 4.78. The number of hydrazine groups is 1. The van der Waals surface area contributed by atoms with Crippen molar-refractivity contribution in [2.24, 2.45) is 10.9 Å². The minimum Gasteiger partial charge on any atom is -1.00 e. The van der Waals surface area contributed by atoms with Gasteiger partial charge in [0, 0.05) is 43.0 Å². The summed E-state index contributed by atoms with van der Waals surface area (Å²) in [6.07, 6.45) is 24.4. The van der Waals surface area contributed by atoms with E-state index in [0.29, 0.717) is 105 Å². The summed E-state index contributed by atoms with van der Waals surface area (Å²) in [5, 5.41) is 10.0. The molecular formula is C100H112IN6O21S2-. The molecule has 0 fully saturated rings. The van der Waals surface area contributed by atoms with Crippen molar-refractivity contribution in [3.63, 3.8) is 0 Å². The van der Waals surface area contributed by atoms with Crippen LogP contribution in [0.15, 0.2) is 238 Å². The lowest BCUT2D eigenvalue weighted by Crippen LogP contribution is -3.00. The van der Waals surface area contributed by atoms with Gasteiger partial charge in [0.05, 0.1) is 107 Å². The summed E-state index contributed by atoms with van der Waals surface area (Å²) < 4.78 is 67.9. The standard InChI is InChI=1S/C50H55N3O10S.C39H42O11.C11H15N3S.HI/c1-4-7-30-53(50-52-43-18-12-13-19-45(43)64-50)51-36-39-35-42(62-48(56)37-20-24-40(25-21-37)58-31-14-8-10-16-33-60-46(54)5-2)28-29-44(39)63-49(57)38-22-26-41(27-23-38)59-32-15-9-11-17-34-61-47(55)6-3;1-3-36(41)47-25-11-7-5-9-23-45-32-17-13-29(14-18-32)38(43)49-34-21-22-35(31(27-34)28-40)50-39(44)30-15-19-33(20-16-30)46-24-10-6-8-12-26-48-37(42)4-2;1-2-3-8-14(12)11-13-9-6-4-5-7-10(9)15-11;/h5-6,12-13,18-29,35-36H,2-4,7-11,14-17,30-34H2,1H3;3-4,13-22,27-28H,1-2,5-12,23-26H2;4-7H,2-3,8,12H2,1H3;1H/p-1/b51-36+;;;. The Morgan fingerprint density at radius 3 is 1.00 bits per heavy atom. The van der Waals surface area contributed by atoms with Crippen molar-refractivity contribution >= 4 is 114 Å². The van der Waals surface area contributed by atoms with Crippen LogP contribution in [0.4, 0.5) is 10.3 Å². The van der Waals surface area contributed by atoms with E-state index in [4.69, 9.17) is 72.8 Å². The lowest BCUT2D eigenvalue weighted by atomic mass is 10.2. The minimum atomic E-state index is -0.671. The van der Waals surface area contributed by atoms with Gasteiger partial charge >= 0.3 is 47.8 Å². The zero-order valence-corrected chi connectivity index (χ0v) is 77.2. The molecule has 0 unspecified atom stereocenters. The van der Waals surface area contributed by atoms with E-state index in [-0.39, 0.29) is 63.7 Å². The van der Waals surface area contributed by atoms with Gasteiger partial charge in [-0.2, -0.15) is 5.10 Å². The van der Waals surface area contributed by atoms with Gasteiger partial charge in [-0.25, -0.2) is 59.2 Å². The van der Waals surface area contributed by atoms with Crippen LogP contribution in [-0.2, 0) is 38.1 Å². The molecular weight excluding hydrogens is 1810 g/mol. The Morgan fingerprint density at radius 1 is 0.362 bits per heavy atom. The van der Waals surface area contributed by atoms with E-state index >= 15 is 0 Å². The fourth-order valence-corrected chi connectivity index (χ4v) is 13.8. The van der Waals surface area contributed by atoms with Gasteiger partial charge in [0.15, 0.2) is 6.29 Å². The predicted octanol–water partition coefficient (Wildman–Crippen LogP) is 17.8. The van der Waals surface area contributed by atoms with Crippen LogP contribution in [0.3, 0.4) is 0 Å². The maximum absolute atomic E-state index is 13.5. The zero-order valence-electron chi connectivity index (χ0n) is 73.4. The molecule has 0 spiro atoms. The predicted molar refractivity (Wildman–Crippen MR) is 500 cm³/mol. The number of esters is 8. The molecule has 30 heteroatoms. The Labute approximate surface area is 783 Å². The summed E-state index contributed by atoms with van der Waals surface area (Å²) in [6.45, 7) is 22.7. The van der Waals surface area contributed by atoms with E-state index in [1.165, 1.54) is 34.2 Å². The summed E-state index contributed by atoms with van der Waals surface area (Å²) >= 11 is 3.17. The molecule has 0 aliphatic heterocycles. The highest BCUT2D eigenvalue weighted by atomic mass is 127. The van der Waals surface area contributed by atoms with Crippen LogP contribution in [-0.4, -0.2) is 136 Å². The monoisotopic (exact) mass is 1920 g/mol. The molecule has 10 aromatic rings. The smallest absolute Gasteiger partial charge is 0.343 e. The fourth-order valence-electron chi connectivity index (χ4n) is 11.9. The number of aromatic nitrogens is 2. The summed E-state index contributed by atoms with van der Waals surface area (Å²) in [6, 6.07) is 51.2. The first-order chi connectivity index (χ1) is 62.9. The van der Waals surface area contributed by atoms with E-state index in [1.807, 2.05) is 47.5 Å². The first kappa shape index (κ1) is 104. The number of hydrogen-bond donors (Lipinski definition) is 1. The summed E-state index contributed by atoms with van der Waals surface area (Å²) in [5.41, 5.74) is 3.52. The molecule has 2 heterocycles. The van der Waals surface area contributed by atoms with E-state index in [9.17, 15) is 43.2 Å². The molecule has 0 bridgehead atoms. The highest BCUT2D eigenvalue weighted by molar-refractivity contribution is 7.22. The van der Waals surface area contributed by atoms with Crippen LogP contribution < -0.4 is 77.7 Å². The Kier molecular flexibility index (Phi) is 48.1. The number of carbonyl (C=O) groups excluding carboxylic acids is 9. The van der Waals surface area contributed by atoms with Crippen molar-refractivity contribution in [3.8, 4) is 46.0 Å². The number of rotatable bonds is 55. The van der Waals surface area contributed by atoms with E-state index < -0.39 is 47.8 Å². The Bertz CT molecular complexity index is 5210. The molecule has 0 amide bonds. The third kappa shape index (κ3) is 38.2. The maximum atomic E-state index is 13.5. The number of nitrogens with zero attached hydrogens (tertiary/aromatic N) is 5. The highest BCUT2D eigenvalue weighted by Gasteiger charge is 2.21. The average Bonchev–Trinajstić information content (AvgIpc) is 1.78. The fraction of sp³-hybridized carbons (Fsp3) is 0.320. The first-order valence-corrected chi connectivity index (χ1v) is 44.8. The Morgan fingerprint density at radius 2 is 0.662 bits per heavy atom. The van der Waals surface area contributed by atoms with Crippen molar-refractivity contribution < 1.29 is 124 Å². The number of fused-ring (bicyclic) bond motifs is 2. The third-order valence-corrected chi connectivity index (χ3v) is 21.1. The van der Waals surface area contributed by atoms with Crippen molar-refractivity contribution in [3.05, 3.63) is 266 Å². The van der Waals surface area contributed by atoms with Gasteiger partial charge in [0.1, 0.15) is 46.0 Å². The number of thiazole rings is 2. The van der Waals surface area contributed by atoms with Crippen molar-refractivity contribution in [2.75, 3.05) is 76.0 Å². The molecule has 8 aromatic carbocycles. The second-order valence-corrected chi connectivity index (χ2v) is 30.9. The number of unbranched alkanes of at least 4 members (excludes halogenated alkanes) is 14. The number of carbonyl (C=O) groups is 9. The largest absolute Gasteiger partial charge is 1.00 e. The van der Waals surface area contributed by atoms with Crippen molar-refractivity contribution in [2.45, 2.75) is 142 Å². The number of para-hydroxylation sites is 2. The SMILES string of the molecule is C=CC(=O)OCCCCCCOc1ccc(C(=O)Oc2ccc(OC(=O)c3ccc(OCCCCCCOC(=O)C=C)cc3)c(/C=N/N(CCCC)c3nc4ccccc4s3)c2)cc1.C=CC(=O)OCCCCCCOc1ccc(C(=O)Oc2ccc(OC(=O)c3ccc(OCCCCCCOC(=O)C=C)cc3)c(C=O)c2)cc1.CCCCN(N)c1nc2ccccc2s1.[I-]. The molecule has 27 nitrogen and oxygen atoms in total. The van der Waals surface area contributed by atoms with Crippen LogP contribution >= 0.6 is 22.7 Å². The van der Waals surface area contributed by atoms with Gasteiger partial charge in [0.25, 0.3) is 0 Å². The second-order valence-electron chi connectivity index (χ2n) is 28.9. The molecule has 0 saturated carbocycles. The number of ether oxygens (including phenoxy) is 12. The average molecular weight is 1930 g/mol. The minimum absolute atomic E-state index is 0. The van der Waals surface area contributed by atoms with Gasteiger partial charge in [-0.1, -0.05) is 99.9 Å². The number of benzene rings is 8. The molecule has 2 aromatic heterocycles. The maximum Gasteiger partial charge on any atom is 0.343 e. The molecule has 0 aliphatic rings. The number of hydrazone groups is 1. The van der Waals surface area contributed by atoms with Gasteiger partial charge in [-0.3, -0.25) is 9.80 Å². The molecule has 688 valence electrons. The first-order valence-electron chi connectivity index (χ1n) is 43.1. The van der Waals surface area contributed by atoms with Crippen LogP contribution in [0, 0.1) is 0 Å². The second kappa shape index (κ2) is 60.0. The van der Waals surface area contributed by atoms with E-state index in [0.717, 1.165) is 185 Å². The van der Waals surface area contributed by atoms with Gasteiger partial charge in [0.2, 0.25) is 10.3 Å². The molecule has 0 aliphatic carbocycles. The van der Waals surface area contributed by atoms with Gasteiger partial charge in [-0.05, 0) is 273 Å². The molecule has 0 atom stereocenters.